The van der Waals surface area contributed by atoms with Crippen molar-refractivity contribution in [2.45, 2.75) is 78.8 Å². The minimum Gasteiger partial charge on any atom is -0.342 e. The first-order valence-electron chi connectivity index (χ1n) is 8.23. The number of rotatable bonds is 2. The third-order valence-corrected chi connectivity index (χ3v) is 4.86. The van der Waals surface area contributed by atoms with E-state index >= 15 is 0 Å². The fourth-order valence-electron chi connectivity index (χ4n) is 3.64. The third kappa shape index (κ3) is 3.97. The minimum absolute atomic E-state index is 0.240. The van der Waals surface area contributed by atoms with Gasteiger partial charge in [-0.3, -0.25) is 4.79 Å². The van der Waals surface area contributed by atoms with Gasteiger partial charge in [0.05, 0.1) is 0 Å². The van der Waals surface area contributed by atoms with Crippen molar-refractivity contribution in [2.75, 3.05) is 13.1 Å². The Hall–Kier alpha value is -0.570. The van der Waals surface area contributed by atoms with Crippen LogP contribution in [-0.4, -0.2) is 36.0 Å². The maximum Gasteiger partial charge on any atom is 0.227 e. The van der Waals surface area contributed by atoms with Crippen LogP contribution < -0.4 is 5.32 Å². The largest absolute Gasteiger partial charge is 0.342 e. The maximum absolute atomic E-state index is 12.3. The highest BCUT2D eigenvalue weighted by atomic mass is 16.2. The van der Waals surface area contributed by atoms with Crippen LogP contribution in [0.15, 0.2) is 0 Å². The van der Waals surface area contributed by atoms with Crippen LogP contribution in [0.1, 0.15) is 66.7 Å². The molecular formula is C17H32N2O. The van der Waals surface area contributed by atoms with Crippen molar-refractivity contribution in [3.05, 3.63) is 0 Å². The van der Waals surface area contributed by atoms with Gasteiger partial charge in [-0.25, -0.2) is 0 Å². The third-order valence-electron chi connectivity index (χ3n) is 4.86. The molecule has 1 saturated carbocycles. The SMILES string of the molecule is CC1(C)CCC(NC2CCN(C(=O)C(C)(C)C)CC2)C1. The summed E-state index contributed by atoms with van der Waals surface area (Å²) in [6, 6.07) is 1.30. The molecule has 1 amide bonds. The Kier molecular flexibility index (Phi) is 4.48. The van der Waals surface area contributed by atoms with E-state index in [1.807, 2.05) is 20.8 Å². The van der Waals surface area contributed by atoms with E-state index in [2.05, 4.69) is 24.1 Å². The molecule has 1 aliphatic heterocycles. The fraction of sp³-hybridized carbons (Fsp3) is 0.941. The summed E-state index contributed by atoms with van der Waals surface area (Å²) < 4.78 is 0. The van der Waals surface area contributed by atoms with Crippen LogP contribution >= 0.6 is 0 Å². The summed E-state index contributed by atoms with van der Waals surface area (Å²) >= 11 is 0. The van der Waals surface area contributed by atoms with Crippen molar-refractivity contribution in [1.82, 2.24) is 10.2 Å². The summed E-state index contributed by atoms with van der Waals surface area (Å²) in [7, 11) is 0. The molecule has 0 radical (unpaired) electrons. The molecule has 0 aromatic heterocycles. The number of hydrogen-bond donors (Lipinski definition) is 1. The number of nitrogens with one attached hydrogen (secondary N) is 1. The highest BCUT2D eigenvalue weighted by molar-refractivity contribution is 5.81. The van der Waals surface area contributed by atoms with Crippen LogP contribution in [0.5, 0.6) is 0 Å². The Labute approximate surface area is 124 Å². The maximum atomic E-state index is 12.3. The monoisotopic (exact) mass is 280 g/mol. The van der Waals surface area contributed by atoms with Gasteiger partial charge in [-0.05, 0) is 37.5 Å². The van der Waals surface area contributed by atoms with Gasteiger partial charge >= 0.3 is 0 Å². The van der Waals surface area contributed by atoms with E-state index in [9.17, 15) is 4.79 Å². The molecule has 3 heteroatoms. The van der Waals surface area contributed by atoms with E-state index in [1.54, 1.807) is 0 Å². The Morgan fingerprint density at radius 3 is 2.15 bits per heavy atom. The second-order valence-electron chi connectivity index (χ2n) is 8.59. The molecule has 3 nitrogen and oxygen atoms in total. The zero-order valence-corrected chi connectivity index (χ0v) is 14.0. The molecular weight excluding hydrogens is 248 g/mol. The van der Waals surface area contributed by atoms with E-state index in [0.717, 1.165) is 25.9 Å². The predicted octanol–water partition coefficient (Wildman–Crippen LogP) is 3.19. The van der Waals surface area contributed by atoms with Gasteiger partial charge in [0.15, 0.2) is 0 Å². The summed E-state index contributed by atoms with van der Waals surface area (Å²) in [4.78, 5) is 14.3. The molecule has 2 fully saturated rings. The molecule has 0 spiro atoms. The Morgan fingerprint density at radius 1 is 1.10 bits per heavy atom. The van der Waals surface area contributed by atoms with Gasteiger partial charge in [-0.2, -0.15) is 0 Å². The lowest BCUT2D eigenvalue weighted by Crippen LogP contribution is -2.49. The zero-order valence-electron chi connectivity index (χ0n) is 14.0. The van der Waals surface area contributed by atoms with Gasteiger partial charge in [0, 0.05) is 30.6 Å². The first kappa shape index (κ1) is 15.8. The lowest BCUT2D eigenvalue weighted by Gasteiger charge is -2.37. The molecule has 1 N–H and O–H groups in total. The highest BCUT2D eigenvalue weighted by Crippen LogP contribution is 2.37. The minimum atomic E-state index is -0.240. The van der Waals surface area contributed by atoms with E-state index in [1.165, 1.54) is 19.3 Å². The van der Waals surface area contributed by atoms with Crippen LogP contribution in [0.4, 0.5) is 0 Å². The van der Waals surface area contributed by atoms with Gasteiger partial charge in [0.25, 0.3) is 0 Å². The second-order valence-corrected chi connectivity index (χ2v) is 8.59. The van der Waals surface area contributed by atoms with Gasteiger partial charge in [-0.1, -0.05) is 34.6 Å². The number of nitrogens with zero attached hydrogens (tertiary/aromatic N) is 1. The Bertz CT molecular complexity index is 348. The van der Waals surface area contributed by atoms with E-state index < -0.39 is 0 Å². The average molecular weight is 280 g/mol. The Balaban J connectivity index is 1.76. The normalized spacial score (nSPS) is 27.9. The molecule has 1 atom stereocenters. The van der Waals surface area contributed by atoms with Crippen LogP contribution in [0.3, 0.4) is 0 Å². The number of hydrogen-bond acceptors (Lipinski definition) is 2. The molecule has 1 heterocycles. The van der Waals surface area contributed by atoms with Gasteiger partial charge < -0.3 is 10.2 Å². The van der Waals surface area contributed by atoms with Crippen molar-refractivity contribution >= 4 is 5.91 Å². The van der Waals surface area contributed by atoms with Crippen molar-refractivity contribution in [3.8, 4) is 0 Å². The number of carbonyl (C=O) groups is 1. The van der Waals surface area contributed by atoms with Gasteiger partial charge in [0.2, 0.25) is 5.91 Å². The van der Waals surface area contributed by atoms with Crippen LogP contribution in [0.2, 0.25) is 0 Å². The highest BCUT2D eigenvalue weighted by Gasteiger charge is 2.34. The number of carbonyl (C=O) groups excluding carboxylic acids is 1. The quantitative estimate of drug-likeness (QED) is 0.842. The molecule has 20 heavy (non-hydrogen) atoms. The molecule has 0 aromatic carbocycles. The molecule has 0 aromatic rings. The van der Waals surface area contributed by atoms with Crippen molar-refractivity contribution in [3.63, 3.8) is 0 Å². The van der Waals surface area contributed by atoms with Crippen LogP contribution in [0, 0.1) is 10.8 Å². The number of piperidine rings is 1. The van der Waals surface area contributed by atoms with Crippen molar-refractivity contribution < 1.29 is 4.79 Å². The standard InChI is InChI=1S/C17H32N2O/c1-16(2,3)15(20)19-10-7-13(8-11-19)18-14-6-9-17(4,5)12-14/h13-14,18H,6-12H2,1-5H3. The Morgan fingerprint density at radius 2 is 1.70 bits per heavy atom. The number of likely N-dealkylation sites (tertiary alicyclic amines) is 1. The van der Waals surface area contributed by atoms with Crippen LogP contribution in [0.25, 0.3) is 0 Å². The molecule has 1 aliphatic carbocycles. The lowest BCUT2D eigenvalue weighted by molar-refractivity contribution is -0.140. The zero-order chi connectivity index (χ0) is 15.0. The molecule has 2 rings (SSSR count). The first-order chi connectivity index (χ1) is 9.17. The van der Waals surface area contributed by atoms with Crippen molar-refractivity contribution in [2.24, 2.45) is 10.8 Å². The van der Waals surface area contributed by atoms with Crippen LogP contribution in [-0.2, 0) is 4.79 Å². The molecule has 1 saturated heterocycles. The molecule has 0 bridgehead atoms. The molecule has 1 unspecified atom stereocenters. The summed E-state index contributed by atoms with van der Waals surface area (Å²) in [6.07, 6.45) is 6.17. The smallest absolute Gasteiger partial charge is 0.227 e. The van der Waals surface area contributed by atoms with E-state index in [-0.39, 0.29) is 5.41 Å². The summed E-state index contributed by atoms with van der Waals surface area (Å²) in [5, 5.41) is 3.83. The van der Waals surface area contributed by atoms with Gasteiger partial charge in [0.1, 0.15) is 0 Å². The summed E-state index contributed by atoms with van der Waals surface area (Å²) in [5.74, 6) is 0.304. The van der Waals surface area contributed by atoms with Gasteiger partial charge in [-0.15, -0.1) is 0 Å². The number of amides is 1. The summed E-state index contributed by atoms with van der Waals surface area (Å²) in [5.41, 5.74) is 0.274. The van der Waals surface area contributed by atoms with E-state index in [4.69, 9.17) is 0 Å². The van der Waals surface area contributed by atoms with E-state index in [0.29, 0.717) is 23.4 Å². The average Bonchev–Trinajstić information content (AvgIpc) is 2.67. The molecule has 2 aliphatic rings. The lowest BCUT2D eigenvalue weighted by atomic mass is 9.91. The topological polar surface area (TPSA) is 32.3 Å². The molecule has 116 valence electrons. The summed E-state index contributed by atoms with van der Waals surface area (Å²) in [6.45, 7) is 12.6. The van der Waals surface area contributed by atoms with Crippen molar-refractivity contribution in [1.29, 1.82) is 0 Å². The first-order valence-corrected chi connectivity index (χ1v) is 8.23. The predicted molar refractivity (Wildman–Crippen MR) is 83.6 cm³/mol. The second kappa shape index (κ2) is 5.67. The fourth-order valence-corrected chi connectivity index (χ4v) is 3.64.